The Morgan fingerprint density at radius 3 is 2.73 bits per heavy atom. The zero-order valence-corrected chi connectivity index (χ0v) is 8.95. The third-order valence-electron chi connectivity index (χ3n) is 3.58. The molecule has 0 aromatic rings. The minimum absolute atomic E-state index is 0.204. The molecule has 1 saturated heterocycles. The summed E-state index contributed by atoms with van der Waals surface area (Å²) in [7, 11) is 0. The Balaban J connectivity index is 1.79. The molecule has 0 aromatic heterocycles. The molecule has 0 aromatic carbocycles. The van der Waals surface area contributed by atoms with E-state index in [4.69, 9.17) is 9.84 Å². The summed E-state index contributed by atoms with van der Waals surface area (Å²) in [5, 5.41) is 12.5. The third-order valence-corrected chi connectivity index (χ3v) is 3.58. The average molecular weight is 213 g/mol. The molecule has 0 spiro atoms. The fourth-order valence-corrected chi connectivity index (χ4v) is 2.23. The number of ether oxygens (including phenoxy) is 1. The molecule has 1 saturated carbocycles. The van der Waals surface area contributed by atoms with E-state index >= 15 is 0 Å². The van der Waals surface area contributed by atoms with Gasteiger partial charge in [0.15, 0.2) is 0 Å². The van der Waals surface area contributed by atoms with E-state index in [1.165, 1.54) is 19.3 Å². The number of rotatable bonds is 5. The van der Waals surface area contributed by atoms with Crippen molar-refractivity contribution in [1.29, 1.82) is 0 Å². The van der Waals surface area contributed by atoms with Crippen molar-refractivity contribution < 1.29 is 14.6 Å². The van der Waals surface area contributed by atoms with Gasteiger partial charge in [-0.1, -0.05) is 6.42 Å². The molecule has 4 nitrogen and oxygen atoms in total. The summed E-state index contributed by atoms with van der Waals surface area (Å²) in [6, 6.07) is 0.564. The van der Waals surface area contributed by atoms with Crippen molar-refractivity contribution in [2.24, 2.45) is 11.8 Å². The number of aliphatic carboxylic acids is 1. The van der Waals surface area contributed by atoms with Gasteiger partial charge < -0.3 is 15.2 Å². The second-order valence-corrected chi connectivity index (χ2v) is 4.60. The van der Waals surface area contributed by atoms with Gasteiger partial charge in [0.25, 0.3) is 0 Å². The molecule has 1 aliphatic carbocycles. The largest absolute Gasteiger partial charge is 0.481 e. The number of hydrogen-bond donors (Lipinski definition) is 2. The van der Waals surface area contributed by atoms with Gasteiger partial charge in [-0.25, -0.2) is 0 Å². The maximum absolute atomic E-state index is 11.1. The Kier molecular flexibility index (Phi) is 3.59. The van der Waals surface area contributed by atoms with Crippen LogP contribution in [0.3, 0.4) is 0 Å². The average Bonchev–Trinajstić information content (AvgIpc) is 2.61. The van der Waals surface area contributed by atoms with Crippen molar-refractivity contribution >= 4 is 5.97 Å². The van der Waals surface area contributed by atoms with E-state index in [0.717, 1.165) is 13.0 Å². The van der Waals surface area contributed by atoms with Crippen molar-refractivity contribution in [2.75, 3.05) is 19.8 Å². The van der Waals surface area contributed by atoms with Crippen molar-refractivity contribution in [3.05, 3.63) is 0 Å². The van der Waals surface area contributed by atoms with Crippen LogP contribution in [0.1, 0.15) is 25.7 Å². The number of carbonyl (C=O) groups is 1. The molecule has 0 bridgehead atoms. The van der Waals surface area contributed by atoms with Crippen LogP contribution in [0.15, 0.2) is 0 Å². The first-order valence-electron chi connectivity index (χ1n) is 5.81. The van der Waals surface area contributed by atoms with E-state index in [1.807, 2.05) is 0 Å². The Hall–Kier alpha value is -0.610. The molecular formula is C11H19NO3. The summed E-state index contributed by atoms with van der Waals surface area (Å²) in [5.41, 5.74) is 0. The first-order valence-corrected chi connectivity index (χ1v) is 5.81. The fraction of sp³-hybridized carbons (Fsp3) is 0.909. The minimum atomic E-state index is -0.683. The molecule has 15 heavy (non-hydrogen) atoms. The van der Waals surface area contributed by atoms with E-state index < -0.39 is 5.97 Å². The predicted octanol–water partition coefficient (Wildman–Crippen LogP) is 0.866. The first-order chi connectivity index (χ1) is 7.27. The molecule has 2 aliphatic rings. The SMILES string of the molecule is O=C(O)C(CNC1CCC1)C1CCOC1. The highest BCUT2D eigenvalue weighted by Crippen LogP contribution is 2.24. The molecule has 2 N–H and O–H groups in total. The molecule has 0 radical (unpaired) electrons. The highest BCUT2D eigenvalue weighted by Gasteiger charge is 2.32. The fourth-order valence-electron chi connectivity index (χ4n) is 2.23. The zero-order chi connectivity index (χ0) is 10.7. The summed E-state index contributed by atoms with van der Waals surface area (Å²) in [4.78, 5) is 11.1. The molecule has 86 valence electrons. The van der Waals surface area contributed by atoms with Crippen molar-refractivity contribution in [2.45, 2.75) is 31.7 Å². The van der Waals surface area contributed by atoms with Crippen LogP contribution in [0.4, 0.5) is 0 Å². The van der Waals surface area contributed by atoms with E-state index in [1.54, 1.807) is 0 Å². The van der Waals surface area contributed by atoms with Gasteiger partial charge in [0.2, 0.25) is 0 Å². The van der Waals surface area contributed by atoms with E-state index in [-0.39, 0.29) is 11.8 Å². The quantitative estimate of drug-likeness (QED) is 0.711. The maximum Gasteiger partial charge on any atom is 0.308 e. The molecule has 2 atom stereocenters. The van der Waals surface area contributed by atoms with Crippen LogP contribution in [0.2, 0.25) is 0 Å². The van der Waals surface area contributed by atoms with Crippen LogP contribution in [0.5, 0.6) is 0 Å². The highest BCUT2D eigenvalue weighted by atomic mass is 16.5. The highest BCUT2D eigenvalue weighted by molar-refractivity contribution is 5.70. The first kappa shape index (κ1) is 10.9. The van der Waals surface area contributed by atoms with Crippen molar-refractivity contribution in [1.82, 2.24) is 5.32 Å². The predicted molar refractivity (Wildman–Crippen MR) is 55.7 cm³/mol. The van der Waals surface area contributed by atoms with Gasteiger partial charge in [-0.3, -0.25) is 4.79 Å². The summed E-state index contributed by atoms with van der Waals surface area (Å²) in [6.45, 7) is 1.94. The molecule has 2 unspecified atom stereocenters. The van der Waals surface area contributed by atoms with Gasteiger partial charge in [-0.15, -0.1) is 0 Å². The van der Waals surface area contributed by atoms with Gasteiger partial charge in [-0.05, 0) is 25.2 Å². The zero-order valence-electron chi connectivity index (χ0n) is 8.95. The molecule has 2 rings (SSSR count). The molecular weight excluding hydrogens is 194 g/mol. The van der Waals surface area contributed by atoms with Gasteiger partial charge in [-0.2, -0.15) is 0 Å². The van der Waals surface area contributed by atoms with Crippen LogP contribution < -0.4 is 5.32 Å². The lowest BCUT2D eigenvalue weighted by atomic mass is 9.89. The Bertz CT molecular complexity index is 222. The van der Waals surface area contributed by atoms with E-state index in [2.05, 4.69) is 5.32 Å². The number of carboxylic acid groups (broad SMARTS) is 1. The van der Waals surface area contributed by atoms with E-state index in [0.29, 0.717) is 19.2 Å². The Morgan fingerprint density at radius 2 is 2.27 bits per heavy atom. The second-order valence-electron chi connectivity index (χ2n) is 4.60. The lowest BCUT2D eigenvalue weighted by molar-refractivity contribution is -0.143. The normalized spacial score (nSPS) is 28.7. The van der Waals surface area contributed by atoms with Crippen LogP contribution in [0.25, 0.3) is 0 Å². The van der Waals surface area contributed by atoms with Crippen LogP contribution in [-0.4, -0.2) is 36.9 Å². The molecule has 1 heterocycles. The number of carboxylic acids is 1. The second kappa shape index (κ2) is 4.94. The summed E-state index contributed by atoms with van der Waals surface area (Å²) >= 11 is 0. The van der Waals surface area contributed by atoms with Gasteiger partial charge in [0.1, 0.15) is 0 Å². The summed E-state index contributed by atoms with van der Waals surface area (Å²) in [5.74, 6) is -0.750. The third kappa shape index (κ3) is 2.69. The van der Waals surface area contributed by atoms with E-state index in [9.17, 15) is 4.79 Å². The molecule has 2 fully saturated rings. The van der Waals surface area contributed by atoms with Gasteiger partial charge >= 0.3 is 5.97 Å². The monoisotopic (exact) mass is 213 g/mol. The lowest BCUT2D eigenvalue weighted by Crippen LogP contribution is -2.42. The molecule has 0 amide bonds. The lowest BCUT2D eigenvalue weighted by Gasteiger charge is -2.29. The minimum Gasteiger partial charge on any atom is -0.481 e. The standard InChI is InChI=1S/C11H19NO3/c13-11(14)10(8-4-5-15-7-8)6-12-9-2-1-3-9/h8-10,12H,1-7H2,(H,13,14). The van der Waals surface area contributed by atoms with Crippen LogP contribution in [-0.2, 0) is 9.53 Å². The Morgan fingerprint density at radius 1 is 1.47 bits per heavy atom. The van der Waals surface area contributed by atoms with Gasteiger partial charge in [0, 0.05) is 19.2 Å². The summed E-state index contributed by atoms with van der Waals surface area (Å²) < 4.78 is 5.24. The topological polar surface area (TPSA) is 58.6 Å². The smallest absolute Gasteiger partial charge is 0.308 e. The van der Waals surface area contributed by atoms with Crippen molar-refractivity contribution in [3.63, 3.8) is 0 Å². The summed E-state index contributed by atoms with van der Waals surface area (Å²) in [6.07, 6.45) is 4.58. The van der Waals surface area contributed by atoms with Crippen LogP contribution in [0, 0.1) is 11.8 Å². The Labute approximate surface area is 90.0 Å². The number of nitrogens with one attached hydrogen (secondary N) is 1. The van der Waals surface area contributed by atoms with Crippen LogP contribution >= 0.6 is 0 Å². The van der Waals surface area contributed by atoms with Crippen molar-refractivity contribution in [3.8, 4) is 0 Å². The van der Waals surface area contributed by atoms with Gasteiger partial charge in [0.05, 0.1) is 12.5 Å². The maximum atomic E-state index is 11.1. The molecule has 4 heteroatoms. The number of hydrogen-bond acceptors (Lipinski definition) is 3. The molecule has 1 aliphatic heterocycles.